The molecule has 4 aromatic rings. The van der Waals surface area contributed by atoms with Crippen molar-refractivity contribution in [2.45, 2.75) is 32.4 Å². The van der Waals surface area contributed by atoms with E-state index < -0.39 is 0 Å². The number of nitrogens with zero attached hydrogens (tertiary/aromatic N) is 3. The first-order valence-corrected chi connectivity index (χ1v) is 11.1. The molecule has 0 aliphatic carbocycles. The molecule has 2 aromatic heterocycles. The van der Waals surface area contributed by atoms with Crippen molar-refractivity contribution >= 4 is 5.91 Å². The van der Waals surface area contributed by atoms with Gasteiger partial charge in [0.15, 0.2) is 0 Å². The van der Waals surface area contributed by atoms with E-state index in [1.165, 1.54) is 5.56 Å². The molecule has 2 aromatic carbocycles. The molecule has 1 unspecified atom stereocenters. The molecule has 1 aliphatic heterocycles. The largest absolute Gasteiger partial charge is 0.497 e. The topological polar surface area (TPSA) is 71.1 Å². The van der Waals surface area contributed by atoms with Crippen molar-refractivity contribution in [1.82, 2.24) is 20.1 Å². The summed E-state index contributed by atoms with van der Waals surface area (Å²) < 4.78 is 5.30. The fourth-order valence-corrected chi connectivity index (χ4v) is 4.43. The maximum atomic E-state index is 13.5. The maximum absolute atomic E-state index is 13.5. The number of rotatable bonds is 6. The van der Waals surface area contributed by atoms with Crippen molar-refractivity contribution in [2.24, 2.45) is 0 Å². The lowest BCUT2D eigenvalue weighted by molar-refractivity contribution is 0.0730. The van der Waals surface area contributed by atoms with Gasteiger partial charge in [-0.2, -0.15) is 5.10 Å². The highest BCUT2D eigenvalue weighted by atomic mass is 16.5. The van der Waals surface area contributed by atoms with Crippen LogP contribution >= 0.6 is 0 Å². The molecule has 0 fully saturated rings. The number of methoxy groups -OCH3 is 1. The van der Waals surface area contributed by atoms with Crippen LogP contribution in [-0.4, -0.2) is 33.1 Å². The Labute approximate surface area is 193 Å². The van der Waals surface area contributed by atoms with Crippen molar-refractivity contribution in [3.8, 4) is 17.0 Å². The van der Waals surface area contributed by atoms with E-state index in [4.69, 9.17) is 4.74 Å². The Morgan fingerprint density at radius 3 is 2.45 bits per heavy atom. The third kappa shape index (κ3) is 3.78. The second-order valence-electron chi connectivity index (χ2n) is 8.61. The average Bonchev–Trinajstić information content (AvgIpc) is 3.39. The van der Waals surface area contributed by atoms with Crippen LogP contribution in [0.5, 0.6) is 5.75 Å². The van der Waals surface area contributed by atoms with E-state index in [1.54, 1.807) is 13.3 Å². The Bertz CT molecular complexity index is 1260. The minimum atomic E-state index is -0.246. The van der Waals surface area contributed by atoms with Gasteiger partial charge in [0.2, 0.25) is 0 Å². The molecule has 6 heteroatoms. The minimum absolute atomic E-state index is 0.0564. The van der Waals surface area contributed by atoms with Crippen LogP contribution in [0.2, 0.25) is 0 Å². The number of carbonyl (C=O) groups is 1. The molecule has 0 saturated heterocycles. The highest BCUT2D eigenvalue weighted by molar-refractivity contribution is 6.00. The zero-order chi connectivity index (χ0) is 22.9. The number of aromatic nitrogens is 3. The van der Waals surface area contributed by atoms with Crippen LogP contribution in [0.25, 0.3) is 11.3 Å². The van der Waals surface area contributed by atoms with E-state index in [2.05, 4.69) is 53.3 Å². The number of ether oxygens (including phenoxy) is 1. The van der Waals surface area contributed by atoms with Gasteiger partial charge in [0.25, 0.3) is 5.91 Å². The number of aromatic amines is 1. The molecule has 0 saturated carbocycles. The number of amides is 1. The zero-order valence-corrected chi connectivity index (χ0v) is 18.9. The summed E-state index contributed by atoms with van der Waals surface area (Å²) in [5.41, 5.74) is 6.49. The Morgan fingerprint density at radius 1 is 1.06 bits per heavy atom. The molecule has 5 rings (SSSR count). The standard InChI is InChI=1S/C27H26N4O2/c1-17(2)19-6-8-21(9-7-19)26-23-24(20-10-12-22(33-3)13-11-20)29-30-25(23)27(32)31(26)16-18-5-4-14-28-15-18/h4-15,17,26H,16H2,1-3H3,(H,29,30). The fraction of sp³-hybridized carbons (Fsp3) is 0.222. The van der Waals surface area contributed by atoms with E-state index in [0.717, 1.165) is 33.7 Å². The van der Waals surface area contributed by atoms with Crippen LogP contribution in [0, 0.1) is 0 Å². The molecule has 1 amide bonds. The number of pyridine rings is 1. The molecule has 0 spiro atoms. The van der Waals surface area contributed by atoms with E-state index in [0.29, 0.717) is 18.2 Å². The molecule has 0 bridgehead atoms. The lowest BCUT2D eigenvalue weighted by atomic mass is 9.93. The number of hydrogen-bond acceptors (Lipinski definition) is 4. The van der Waals surface area contributed by atoms with Crippen molar-refractivity contribution in [3.05, 3.63) is 101 Å². The first-order chi connectivity index (χ1) is 16.1. The number of carbonyl (C=O) groups excluding carboxylic acids is 1. The van der Waals surface area contributed by atoms with Gasteiger partial charge < -0.3 is 9.64 Å². The number of nitrogens with one attached hydrogen (secondary N) is 1. The van der Waals surface area contributed by atoms with E-state index in [-0.39, 0.29) is 11.9 Å². The van der Waals surface area contributed by atoms with Crippen molar-refractivity contribution in [3.63, 3.8) is 0 Å². The predicted molar refractivity (Wildman–Crippen MR) is 127 cm³/mol. The summed E-state index contributed by atoms with van der Waals surface area (Å²) in [5.74, 6) is 1.16. The maximum Gasteiger partial charge on any atom is 0.273 e. The summed E-state index contributed by atoms with van der Waals surface area (Å²) in [4.78, 5) is 19.6. The van der Waals surface area contributed by atoms with Crippen LogP contribution in [0.3, 0.4) is 0 Å². The van der Waals surface area contributed by atoms with Crippen molar-refractivity contribution < 1.29 is 9.53 Å². The third-order valence-corrected chi connectivity index (χ3v) is 6.22. The quantitative estimate of drug-likeness (QED) is 0.441. The Kier molecular flexibility index (Phi) is 5.42. The molecule has 3 heterocycles. The van der Waals surface area contributed by atoms with Crippen LogP contribution in [-0.2, 0) is 6.54 Å². The summed E-state index contributed by atoms with van der Waals surface area (Å²) in [7, 11) is 1.65. The van der Waals surface area contributed by atoms with Gasteiger partial charge in [-0.1, -0.05) is 44.2 Å². The van der Waals surface area contributed by atoms with Gasteiger partial charge in [-0.05, 0) is 52.9 Å². The lowest BCUT2D eigenvalue weighted by Crippen LogP contribution is -2.29. The lowest BCUT2D eigenvalue weighted by Gasteiger charge is -2.26. The van der Waals surface area contributed by atoms with E-state index in [1.807, 2.05) is 47.5 Å². The van der Waals surface area contributed by atoms with Gasteiger partial charge >= 0.3 is 0 Å². The van der Waals surface area contributed by atoms with Gasteiger partial charge in [0.05, 0.1) is 18.8 Å². The Hall–Kier alpha value is -3.93. The van der Waals surface area contributed by atoms with Gasteiger partial charge in [0, 0.05) is 30.1 Å². The normalized spacial score (nSPS) is 15.2. The second-order valence-corrected chi connectivity index (χ2v) is 8.61. The summed E-state index contributed by atoms with van der Waals surface area (Å²) in [6.45, 7) is 4.82. The number of H-pyrrole nitrogens is 1. The van der Waals surface area contributed by atoms with E-state index in [9.17, 15) is 4.79 Å². The van der Waals surface area contributed by atoms with Crippen LogP contribution < -0.4 is 4.74 Å². The molecule has 6 nitrogen and oxygen atoms in total. The van der Waals surface area contributed by atoms with Gasteiger partial charge in [-0.3, -0.25) is 14.9 Å². The van der Waals surface area contributed by atoms with Crippen molar-refractivity contribution in [1.29, 1.82) is 0 Å². The molecule has 1 atom stereocenters. The molecule has 1 N–H and O–H groups in total. The zero-order valence-electron chi connectivity index (χ0n) is 18.9. The summed E-state index contributed by atoms with van der Waals surface area (Å²) in [5, 5.41) is 7.57. The van der Waals surface area contributed by atoms with Crippen LogP contribution in [0.15, 0.2) is 73.1 Å². The average molecular weight is 439 g/mol. The van der Waals surface area contributed by atoms with Gasteiger partial charge in [-0.15, -0.1) is 0 Å². The fourth-order valence-electron chi connectivity index (χ4n) is 4.43. The molecule has 1 aliphatic rings. The van der Waals surface area contributed by atoms with Gasteiger partial charge in [-0.25, -0.2) is 0 Å². The van der Waals surface area contributed by atoms with Crippen molar-refractivity contribution in [2.75, 3.05) is 7.11 Å². The highest BCUT2D eigenvalue weighted by Gasteiger charge is 2.42. The number of benzene rings is 2. The predicted octanol–water partition coefficient (Wildman–Crippen LogP) is 5.35. The van der Waals surface area contributed by atoms with Gasteiger partial charge in [0.1, 0.15) is 11.4 Å². The highest BCUT2D eigenvalue weighted by Crippen LogP contribution is 2.43. The molecule has 0 radical (unpaired) electrons. The first kappa shape index (κ1) is 20.9. The minimum Gasteiger partial charge on any atom is -0.497 e. The second kappa shape index (κ2) is 8.54. The van der Waals surface area contributed by atoms with Crippen LogP contribution in [0.4, 0.5) is 0 Å². The summed E-state index contributed by atoms with van der Waals surface area (Å²) in [6.07, 6.45) is 3.55. The molecular weight excluding hydrogens is 412 g/mol. The Morgan fingerprint density at radius 2 is 1.82 bits per heavy atom. The van der Waals surface area contributed by atoms with E-state index >= 15 is 0 Å². The smallest absolute Gasteiger partial charge is 0.273 e. The molecular formula is C27H26N4O2. The molecule has 166 valence electrons. The first-order valence-electron chi connectivity index (χ1n) is 11.1. The third-order valence-electron chi connectivity index (χ3n) is 6.22. The molecule has 33 heavy (non-hydrogen) atoms. The monoisotopic (exact) mass is 438 g/mol. The summed E-state index contributed by atoms with van der Waals surface area (Å²) in [6, 6.07) is 20.0. The SMILES string of the molecule is COc1ccc(-c2n[nH]c3c2C(c2ccc(C(C)C)cc2)N(Cc2cccnc2)C3=O)cc1. The number of hydrogen-bond donors (Lipinski definition) is 1. The Balaban J connectivity index is 1.62. The van der Waals surface area contributed by atoms with Crippen LogP contribution in [0.1, 0.15) is 58.5 Å². The number of fused-ring (bicyclic) bond motifs is 1. The summed E-state index contributed by atoms with van der Waals surface area (Å²) >= 11 is 0.